The van der Waals surface area contributed by atoms with E-state index in [-0.39, 0.29) is 10.5 Å². The van der Waals surface area contributed by atoms with Gasteiger partial charge in [0.05, 0.1) is 10.5 Å². The summed E-state index contributed by atoms with van der Waals surface area (Å²) < 4.78 is 24.5. The number of rotatable bonds is 3. The van der Waals surface area contributed by atoms with Gasteiger partial charge in [-0.05, 0) is 48.5 Å². The van der Waals surface area contributed by atoms with Crippen molar-refractivity contribution in [1.82, 2.24) is 0 Å². The maximum Gasteiger partial charge on any atom is 0.365 e. The van der Waals surface area contributed by atoms with Crippen molar-refractivity contribution >= 4 is 44.1 Å². The largest absolute Gasteiger partial charge is 0.365 e. The monoisotopic (exact) mass is 382 g/mol. The minimum atomic E-state index is -4.22. The Morgan fingerprint density at radius 3 is 2.00 bits per heavy atom. The van der Waals surface area contributed by atoms with Crippen LogP contribution in [0.5, 0.6) is 0 Å². The van der Waals surface area contributed by atoms with E-state index < -0.39 is 20.9 Å². The van der Waals surface area contributed by atoms with Crippen molar-refractivity contribution in [3.63, 3.8) is 0 Å². The second-order valence-electron chi connectivity index (χ2n) is 4.35. The molecule has 6 nitrogen and oxygen atoms in total. The molecule has 0 saturated heterocycles. The van der Waals surface area contributed by atoms with Gasteiger partial charge in [0, 0.05) is 10.0 Å². The maximum absolute atomic E-state index is 12.3. The summed E-state index contributed by atoms with van der Waals surface area (Å²) in [5, 5.41) is 12.0. The zero-order chi connectivity index (χ0) is 17.7. The second kappa shape index (κ2) is 7.45. The van der Waals surface area contributed by atoms with Crippen LogP contribution in [0.4, 0.5) is 0 Å². The molecule has 0 heterocycles. The van der Waals surface area contributed by atoms with Crippen molar-refractivity contribution in [2.45, 2.75) is 4.90 Å². The van der Waals surface area contributed by atoms with Gasteiger partial charge in [0.2, 0.25) is 9.84 Å². The number of nitriles is 1. The zero-order valence-corrected chi connectivity index (χ0v) is 14.1. The van der Waals surface area contributed by atoms with Crippen LogP contribution in [0.1, 0.15) is 10.4 Å². The molecule has 0 fully saturated rings. The van der Waals surface area contributed by atoms with Crippen LogP contribution < -0.4 is 0 Å². The number of carbonyl (C=O) groups excluding carboxylic acids is 1. The number of carbonyl (C=O) groups is 1. The molecule has 2 rings (SSSR count). The standard InChI is InChI=1S/C15H8Cl2N2O4S/c16-11-3-1-10(2-4-11)15(20)23-19-14(9-18)24(21,22)13-7-5-12(17)6-8-13/h1-8H/b19-14+. The predicted octanol–water partition coefficient (Wildman–Crippen LogP) is 3.46. The lowest BCUT2D eigenvalue weighted by atomic mass is 10.2. The van der Waals surface area contributed by atoms with Crippen molar-refractivity contribution in [1.29, 1.82) is 5.26 Å². The normalized spacial score (nSPS) is 11.6. The van der Waals surface area contributed by atoms with Gasteiger partial charge in [0.15, 0.2) is 0 Å². The van der Waals surface area contributed by atoms with E-state index in [0.717, 1.165) is 0 Å². The number of benzene rings is 2. The fraction of sp³-hybridized carbons (Fsp3) is 0. The number of hydrogen-bond acceptors (Lipinski definition) is 6. The third kappa shape index (κ3) is 4.11. The minimum Gasteiger partial charge on any atom is -0.311 e. The van der Waals surface area contributed by atoms with Crippen molar-refractivity contribution in [3.05, 3.63) is 64.1 Å². The van der Waals surface area contributed by atoms with E-state index in [2.05, 4.69) is 9.99 Å². The van der Waals surface area contributed by atoms with Crippen molar-refractivity contribution < 1.29 is 18.0 Å². The van der Waals surface area contributed by atoms with Crippen molar-refractivity contribution in [3.8, 4) is 6.07 Å². The zero-order valence-electron chi connectivity index (χ0n) is 11.8. The highest BCUT2D eigenvalue weighted by molar-refractivity contribution is 8.07. The lowest BCUT2D eigenvalue weighted by molar-refractivity contribution is 0.0518. The molecule has 0 atom stereocenters. The molecular weight excluding hydrogens is 375 g/mol. The van der Waals surface area contributed by atoms with E-state index >= 15 is 0 Å². The quantitative estimate of drug-likeness (QED) is 0.350. The third-order valence-electron chi connectivity index (χ3n) is 2.77. The Bertz CT molecular complexity index is 931. The van der Waals surface area contributed by atoms with Gasteiger partial charge in [-0.2, -0.15) is 5.26 Å². The first-order chi connectivity index (χ1) is 11.3. The molecule has 0 bridgehead atoms. The number of oxime groups is 1. The van der Waals surface area contributed by atoms with E-state index in [1.165, 1.54) is 54.6 Å². The Labute approximate surface area is 147 Å². The highest BCUT2D eigenvalue weighted by Gasteiger charge is 2.24. The number of halogens is 2. The lowest BCUT2D eigenvalue weighted by Crippen LogP contribution is -2.15. The summed E-state index contributed by atoms with van der Waals surface area (Å²) in [6.45, 7) is 0. The van der Waals surface area contributed by atoms with E-state index in [0.29, 0.717) is 10.0 Å². The smallest absolute Gasteiger partial charge is 0.311 e. The molecule has 0 N–H and O–H groups in total. The van der Waals surface area contributed by atoms with Gasteiger partial charge in [0.1, 0.15) is 6.07 Å². The third-order valence-corrected chi connectivity index (χ3v) is 4.84. The molecule has 9 heteroatoms. The highest BCUT2D eigenvalue weighted by atomic mass is 35.5. The topological polar surface area (TPSA) is 96.6 Å². The highest BCUT2D eigenvalue weighted by Crippen LogP contribution is 2.17. The van der Waals surface area contributed by atoms with Crippen LogP contribution in [0.2, 0.25) is 10.0 Å². The molecule has 0 spiro atoms. The van der Waals surface area contributed by atoms with Crippen molar-refractivity contribution in [2.75, 3.05) is 0 Å². The first-order valence-corrected chi connectivity index (χ1v) is 8.54. The van der Waals surface area contributed by atoms with Crippen LogP contribution >= 0.6 is 23.2 Å². The molecule has 0 radical (unpaired) electrons. The van der Waals surface area contributed by atoms with Gasteiger partial charge in [-0.1, -0.05) is 28.4 Å². The SMILES string of the molecule is N#C/C(=N\OC(=O)c1ccc(Cl)cc1)S(=O)(=O)c1ccc(Cl)cc1. The van der Waals surface area contributed by atoms with E-state index in [1.807, 2.05) is 0 Å². The van der Waals surface area contributed by atoms with E-state index in [9.17, 15) is 13.2 Å². The molecule has 0 aliphatic heterocycles. The summed E-state index contributed by atoms with van der Waals surface area (Å²) in [5.74, 6) is -0.925. The van der Waals surface area contributed by atoms with Crippen LogP contribution in [0, 0.1) is 11.3 Å². The maximum atomic E-state index is 12.3. The fourth-order valence-corrected chi connectivity index (χ4v) is 2.80. The van der Waals surface area contributed by atoms with Gasteiger partial charge >= 0.3 is 5.97 Å². The van der Waals surface area contributed by atoms with E-state index in [1.54, 1.807) is 0 Å². The molecule has 24 heavy (non-hydrogen) atoms. The summed E-state index contributed by atoms with van der Waals surface area (Å²) in [4.78, 5) is 16.1. The average Bonchev–Trinajstić information content (AvgIpc) is 2.56. The summed E-state index contributed by atoms with van der Waals surface area (Å²) in [7, 11) is -4.22. The second-order valence-corrected chi connectivity index (χ2v) is 7.09. The van der Waals surface area contributed by atoms with Crippen LogP contribution in [-0.2, 0) is 14.7 Å². The number of hydrogen-bond donors (Lipinski definition) is 0. The summed E-state index contributed by atoms with van der Waals surface area (Å²) in [5.41, 5.74) is 0.101. The Morgan fingerprint density at radius 2 is 1.50 bits per heavy atom. The molecular formula is C15H8Cl2N2O4S. The molecule has 0 saturated carbocycles. The fourth-order valence-electron chi connectivity index (χ4n) is 1.58. The van der Waals surface area contributed by atoms with Crippen molar-refractivity contribution in [2.24, 2.45) is 5.16 Å². The first-order valence-electron chi connectivity index (χ1n) is 6.30. The van der Waals surface area contributed by atoms with Crippen LogP contribution in [0.3, 0.4) is 0 Å². The van der Waals surface area contributed by atoms with Gasteiger partial charge in [0.25, 0.3) is 5.04 Å². The summed E-state index contributed by atoms with van der Waals surface area (Å²) >= 11 is 11.4. The molecule has 0 aliphatic carbocycles. The van der Waals surface area contributed by atoms with Crippen LogP contribution in [-0.4, -0.2) is 19.4 Å². The Kier molecular flexibility index (Phi) is 5.57. The lowest BCUT2D eigenvalue weighted by Gasteiger charge is -2.02. The van der Waals surface area contributed by atoms with Gasteiger partial charge in [-0.3, -0.25) is 0 Å². The van der Waals surface area contributed by atoms with Gasteiger partial charge in [-0.15, -0.1) is 0 Å². The molecule has 0 unspecified atom stereocenters. The van der Waals surface area contributed by atoms with Crippen LogP contribution in [0.15, 0.2) is 58.6 Å². The predicted molar refractivity (Wildman–Crippen MR) is 88.6 cm³/mol. The Hall–Kier alpha value is -2.40. The minimum absolute atomic E-state index is 0.101. The molecule has 2 aromatic rings. The summed E-state index contributed by atoms with van der Waals surface area (Å²) in [6.07, 6.45) is 0. The molecule has 2 aromatic carbocycles. The Balaban J connectivity index is 2.25. The van der Waals surface area contributed by atoms with Gasteiger partial charge < -0.3 is 4.84 Å². The van der Waals surface area contributed by atoms with E-state index in [4.69, 9.17) is 28.5 Å². The molecule has 122 valence electrons. The number of sulfone groups is 1. The molecule has 0 amide bonds. The average molecular weight is 383 g/mol. The Morgan fingerprint density at radius 1 is 1.00 bits per heavy atom. The molecule has 0 aliphatic rings. The van der Waals surface area contributed by atoms with Gasteiger partial charge in [-0.25, -0.2) is 13.2 Å². The molecule has 0 aromatic heterocycles. The number of nitrogens with zero attached hydrogens (tertiary/aromatic N) is 2. The first kappa shape index (κ1) is 17.9. The van der Waals surface area contributed by atoms with Crippen LogP contribution in [0.25, 0.3) is 0 Å². The summed E-state index contributed by atoms with van der Waals surface area (Å²) in [6, 6.07) is 12.2.